The predicted molar refractivity (Wildman–Crippen MR) is 95.2 cm³/mol. The number of nitrogens with zero attached hydrogens (tertiary/aromatic N) is 4. The summed E-state index contributed by atoms with van der Waals surface area (Å²) < 4.78 is 16.7. The number of carbonyl (C=O) groups excluding carboxylic acids is 1. The Morgan fingerprint density at radius 3 is 2.77 bits per heavy atom. The van der Waals surface area contributed by atoms with Crippen LogP contribution in [0, 0.1) is 19.7 Å². The lowest BCUT2D eigenvalue weighted by Crippen LogP contribution is -2.35. The first-order valence-corrected chi connectivity index (χ1v) is 8.22. The highest BCUT2D eigenvalue weighted by atomic mass is 19.1. The summed E-state index contributed by atoms with van der Waals surface area (Å²) in [5, 5.41) is 11.4. The van der Waals surface area contributed by atoms with Crippen molar-refractivity contribution in [2.24, 2.45) is 7.05 Å². The Hall–Kier alpha value is -3.03. The van der Waals surface area contributed by atoms with Gasteiger partial charge in [-0.25, -0.2) is 9.07 Å². The standard InChI is InChI=1S/C18H20FN5O2/c1-10-5-6-13(15(19)7-10)11(2)21-16(25)9-24-18(26)14-8-20-23(4)17(14)12(3)22-24/h5-8,11H,9H2,1-4H3,(H,21,25). The van der Waals surface area contributed by atoms with Crippen molar-refractivity contribution in [3.05, 3.63) is 57.4 Å². The molecule has 0 aliphatic heterocycles. The van der Waals surface area contributed by atoms with Crippen molar-refractivity contribution in [1.29, 1.82) is 0 Å². The number of rotatable bonds is 4. The summed E-state index contributed by atoms with van der Waals surface area (Å²) in [6.45, 7) is 4.99. The van der Waals surface area contributed by atoms with Crippen LogP contribution in [0.3, 0.4) is 0 Å². The number of halogens is 1. The average Bonchev–Trinajstić information content (AvgIpc) is 2.94. The van der Waals surface area contributed by atoms with Crippen molar-refractivity contribution in [1.82, 2.24) is 24.9 Å². The fraction of sp³-hybridized carbons (Fsp3) is 0.333. The van der Waals surface area contributed by atoms with Gasteiger partial charge in [-0.3, -0.25) is 14.3 Å². The molecule has 2 aromatic heterocycles. The van der Waals surface area contributed by atoms with Crippen LogP contribution >= 0.6 is 0 Å². The molecular formula is C18H20FN5O2. The fourth-order valence-electron chi connectivity index (χ4n) is 3.03. The van der Waals surface area contributed by atoms with Crippen LogP contribution in [0.15, 0.2) is 29.2 Å². The molecule has 0 radical (unpaired) electrons. The normalized spacial score (nSPS) is 12.3. The lowest BCUT2D eigenvalue weighted by atomic mass is 10.1. The largest absolute Gasteiger partial charge is 0.348 e. The molecule has 136 valence electrons. The second kappa shape index (κ2) is 6.70. The molecular weight excluding hydrogens is 337 g/mol. The highest BCUT2D eigenvalue weighted by Crippen LogP contribution is 2.18. The molecule has 8 heteroatoms. The third-order valence-electron chi connectivity index (χ3n) is 4.31. The van der Waals surface area contributed by atoms with Crippen molar-refractivity contribution >= 4 is 16.8 Å². The molecule has 0 bridgehead atoms. The van der Waals surface area contributed by atoms with E-state index in [0.717, 1.165) is 10.2 Å². The molecule has 0 aliphatic carbocycles. The van der Waals surface area contributed by atoms with E-state index in [9.17, 15) is 14.0 Å². The minimum absolute atomic E-state index is 0.248. The van der Waals surface area contributed by atoms with Crippen LogP contribution in [0.2, 0.25) is 0 Å². The molecule has 3 aromatic rings. The number of fused-ring (bicyclic) bond motifs is 1. The number of aromatic nitrogens is 4. The zero-order chi connectivity index (χ0) is 19.0. The predicted octanol–water partition coefficient (Wildman–Crippen LogP) is 1.76. The number of hydrogen-bond acceptors (Lipinski definition) is 4. The molecule has 1 N–H and O–H groups in total. The second-order valence-corrected chi connectivity index (χ2v) is 6.39. The van der Waals surface area contributed by atoms with Crippen molar-refractivity contribution in [2.75, 3.05) is 0 Å². The SMILES string of the molecule is Cc1ccc(C(C)NC(=O)Cn2nc(C)c3c(cnn3C)c2=O)c(F)c1. The number of aryl methyl sites for hydroxylation is 3. The van der Waals surface area contributed by atoms with Gasteiger partial charge in [-0.2, -0.15) is 10.2 Å². The van der Waals surface area contributed by atoms with Crippen LogP contribution in [0.5, 0.6) is 0 Å². The second-order valence-electron chi connectivity index (χ2n) is 6.39. The number of benzene rings is 1. The van der Waals surface area contributed by atoms with E-state index in [2.05, 4.69) is 15.5 Å². The van der Waals surface area contributed by atoms with E-state index in [1.165, 1.54) is 12.3 Å². The van der Waals surface area contributed by atoms with Gasteiger partial charge in [0.25, 0.3) is 5.56 Å². The molecule has 0 saturated heterocycles. The number of hydrogen-bond donors (Lipinski definition) is 1. The average molecular weight is 357 g/mol. The van der Waals surface area contributed by atoms with Gasteiger partial charge in [0.05, 0.1) is 28.8 Å². The Labute approximate surface area is 149 Å². The topological polar surface area (TPSA) is 81.8 Å². The third-order valence-corrected chi connectivity index (χ3v) is 4.31. The molecule has 2 heterocycles. The van der Waals surface area contributed by atoms with Crippen LogP contribution in [-0.2, 0) is 18.4 Å². The van der Waals surface area contributed by atoms with E-state index in [1.807, 2.05) is 0 Å². The zero-order valence-electron chi connectivity index (χ0n) is 15.1. The van der Waals surface area contributed by atoms with E-state index in [4.69, 9.17) is 0 Å². The summed E-state index contributed by atoms with van der Waals surface area (Å²) in [5.74, 6) is -0.796. The lowest BCUT2D eigenvalue weighted by molar-refractivity contribution is -0.122. The van der Waals surface area contributed by atoms with Crippen LogP contribution in [0.4, 0.5) is 4.39 Å². The third kappa shape index (κ3) is 3.22. The van der Waals surface area contributed by atoms with E-state index in [-0.39, 0.29) is 17.9 Å². The van der Waals surface area contributed by atoms with Gasteiger partial charge < -0.3 is 5.32 Å². The monoisotopic (exact) mass is 357 g/mol. The smallest absolute Gasteiger partial charge is 0.278 e. The molecule has 26 heavy (non-hydrogen) atoms. The van der Waals surface area contributed by atoms with Crippen LogP contribution in [-0.4, -0.2) is 25.5 Å². The molecule has 0 saturated carbocycles. The molecule has 1 aromatic carbocycles. The van der Waals surface area contributed by atoms with Gasteiger partial charge in [-0.05, 0) is 32.4 Å². The summed E-state index contributed by atoms with van der Waals surface area (Å²) in [6, 6.07) is 4.32. The van der Waals surface area contributed by atoms with Crippen LogP contribution < -0.4 is 10.9 Å². The van der Waals surface area contributed by atoms with Crippen molar-refractivity contribution < 1.29 is 9.18 Å². The molecule has 7 nitrogen and oxygen atoms in total. The summed E-state index contributed by atoms with van der Waals surface area (Å²) in [6.07, 6.45) is 1.46. The summed E-state index contributed by atoms with van der Waals surface area (Å²) >= 11 is 0. The minimum atomic E-state index is -0.526. The van der Waals surface area contributed by atoms with Crippen LogP contribution in [0.25, 0.3) is 10.9 Å². The van der Waals surface area contributed by atoms with Gasteiger partial charge in [0, 0.05) is 12.6 Å². The number of carbonyl (C=O) groups is 1. The zero-order valence-corrected chi connectivity index (χ0v) is 15.1. The summed E-state index contributed by atoms with van der Waals surface area (Å²) in [5.41, 5.74) is 2.05. The Bertz CT molecular complexity index is 1050. The molecule has 0 aliphatic rings. The van der Waals surface area contributed by atoms with Gasteiger partial charge in [0.2, 0.25) is 5.91 Å². The Balaban J connectivity index is 1.81. The van der Waals surface area contributed by atoms with E-state index >= 15 is 0 Å². The highest BCUT2D eigenvalue weighted by molar-refractivity contribution is 5.80. The minimum Gasteiger partial charge on any atom is -0.348 e. The Morgan fingerprint density at radius 1 is 1.35 bits per heavy atom. The lowest BCUT2D eigenvalue weighted by Gasteiger charge is -2.16. The maximum Gasteiger partial charge on any atom is 0.278 e. The quantitative estimate of drug-likeness (QED) is 0.771. The van der Waals surface area contributed by atoms with Gasteiger partial charge >= 0.3 is 0 Å². The highest BCUT2D eigenvalue weighted by Gasteiger charge is 2.17. The van der Waals surface area contributed by atoms with Gasteiger partial charge in [-0.15, -0.1) is 0 Å². The Kier molecular flexibility index (Phi) is 4.58. The maximum atomic E-state index is 14.0. The van der Waals surface area contributed by atoms with Gasteiger partial charge in [0.15, 0.2) is 0 Å². The van der Waals surface area contributed by atoms with Crippen molar-refractivity contribution in [3.8, 4) is 0 Å². The van der Waals surface area contributed by atoms with E-state index in [1.54, 1.807) is 44.6 Å². The van der Waals surface area contributed by atoms with Gasteiger partial charge in [0.1, 0.15) is 12.4 Å². The van der Waals surface area contributed by atoms with Crippen LogP contribution in [0.1, 0.15) is 29.8 Å². The number of amides is 1. The first-order chi connectivity index (χ1) is 12.3. The molecule has 1 atom stereocenters. The van der Waals surface area contributed by atoms with Crippen molar-refractivity contribution in [3.63, 3.8) is 0 Å². The fourth-order valence-corrected chi connectivity index (χ4v) is 3.03. The molecule has 1 unspecified atom stereocenters. The number of nitrogens with one attached hydrogen (secondary N) is 1. The van der Waals surface area contributed by atoms with Crippen molar-refractivity contribution in [2.45, 2.75) is 33.4 Å². The van der Waals surface area contributed by atoms with Gasteiger partial charge in [-0.1, -0.05) is 12.1 Å². The van der Waals surface area contributed by atoms with E-state index in [0.29, 0.717) is 22.2 Å². The summed E-state index contributed by atoms with van der Waals surface area (Å²) in [4.78, 5) is 24.8. The summed E-state index contributed by atoms with van der Waals surface area (Å²) in [7, 11) is 1.73. The first-order valence-electron chi connectivity index (χ1n) is 8.22. The Morgan fingerprint density at radius 2 is 2.08 bits per heavy atom. The maximum absolute atomic E-state index is 14.0. The molecule has 3 rings (SSSR count). The molecule has 0 spiro atoms. The molecule has 1 amide bonds. The van der Waals surface area contributed by atoms with E-state index < -0.39 is 11.9 Å². The first kappa shape index (κ1) is 17.8. The molecule has 0 fully saturated rings.